The van der Waals surface area contributed by atoms with Gasteiger partial charge in [-0.05, 0) is 36.5 Å². The maximum atomic E-state index is 6.11. The van der Waals surface area contributed by atoms with Crippen LogP contribution in [0.2, 0.25) is 0 Å². The Hall–Kier alpha value is -2.01. The van der Waals surface area contributed by atoms with Gasteiger partial charge in [-0.2, -0.15) is 5.10 Å². The van der Waals surface area contributed by atoms with Gasteiger partial charge in [-0.25, -0.2) is 0 Å². The Labute approximate surface area is 124 Å². The molecule has 0 bridgehead atoms. The number of ether oxygens (including phenoxy) is 2. The van der Waals surface area contributed by atoms with Crippen molar-refractivity contribution in [3.8, 4) is 16.9 Å². The summed E-state index contributed by atoms with van der Waals surface area (Å²) in [7, 11) is 3.52. The normalized spacial score (nSPS) is 16.1. The Morgan fingerprint density at radius 3 is 2.67 bits per heavy atom. The molecule has 1 aliphatic heterocycles. The van der Waals surface area contributed by atoms with Crippen LogP contribution in [0.3, 0.4) is 0 Å². The minimum atomic E-state index is 0.543. The molecular formula is C16H21N3O2. The first-order chi connectivity index (χ1) is 10.2. The number of methoxy groups -OCH3 is 1. The van der Waals surface area contributed by atoms with Crippen LogP contribution in [-0.4, -0.2) is 30.1 Å². The molecular weight excluding hydrogens is 266 g/mol. The minimum absolute atomic E-state index is 0.543. The van der Waals surface area contributed by atoms with Crippen molar-refractivity contribution in [3.05, 3.63) is 30.0 Å². The number of aryl methyl sites for hydroxylation is 1. The average molecular weight is 287 g/mol. The van der Waals surface area contributed by atoms with Gasteiger partial charge in [-0.1, -0.05) is 6.07 Å². The first-order valence-corrected chi connectivity index (χ1v) is 7.24. The quantitative estimate of drug-likeness (QED) is 0.942. The van der Waals surface area contributed by atoms with E-state index in [-0.39, 0.29) is 0 Å². The topological polar surface area (TPSA) is 62.3 Å². The Kier molecular flexibility index (Phi) is 3.84. The number of anilines is 1. The monoisotopic (exact) mass is 287 g/mol. The predicted octanol–water partition coefficient (Wildman–Crippen LogP) is 2.57. The lowest BCUT2D eigenvalue weighted by molar-refractivity contribution is 0.0853. The van der Waals surface area contributed by atoms with Gasteiger partial charge >= 0.3 is 0 Å². The van der Waals surface area contributed by atoms with Gasteiger partial charge in [0.15, 0.2) is 0 Å². The van der Waals surface area contributed by atoms with Crippen LogP contribution in [0.1, 0.15) is 24.3 Å². The van der Waals surface area contributed by atoms with E-state index in [0.717, 1.165) is 42.9 Å². The minimum Gasteiger partial charge on any atom is -0.496 e. The third kappa shape index (κ3) is 2.61. The number of hydrogen-bond acceptors (Lipinski definition) is 4. The highest BCUT2D eigenvalue weighted by Crippen LogP contribution is 2.37. The molecule has 2 heterocycles. The molecule has 112 valence electrons. The van der Waals surface area contributed by atoms with Crippen molar-refractivity contribution in [3.63, 3.8) is 0 Å². The van der Waals surface area contributed by atoms with Crippen LogP contribution >= 0.6 is 0 Å². The highest BCUT2D eigenvalue weighted by atomic mass is 16.5. The van der Waals surface area contributed by atoms with Gasteiger partial charge in [-0.3, -0.25) is 4.68 Å². The molecule has 0 spiro atoms. The van der Waals surface area contributed by atoms with Crippen LogP contribution in [0.4, 0.5) is 5.82 Å². The van der Waals surface area contributed by atoms with E-state index in [0.29, 0.717) is 11.7 Å². The summed E-state index contributed by atoms with van der Waals surface area (Å²) in [6.45, 7) is 1.67. The molecule has 0 saturated carbocycles. The third-order valence-corrected chi connectivity index (χ3v) is 4.19. The van der Waals surface area contributed by atoms with Gasteiger partial charge in [-0.15, -0.1) is 0 Å². The number of benzene rings is 1. The van der Waals surface area contributed by atoms with E-state index in [1.54, 1.807) is 18.0 Å². The van der Waals surface area contributed by atoms with Crippen LogP contribution in [0.25, 0.3) is 11.1 Å². The fraction of sp³-hybridized carbons (Fsp3) is 0.438. The van der Waals surface area contributed by atoms with E-state index < -0.39 is 0 Å². The summed E-state index contributed by atoms with van der Waals surface area (Å²) < 4.78 is 12.6. The lowest BCUT2D eigenvalue weighted by Crippen LogP contribution is -2.14. The van der Waals surface area contributed by atoms with Crippen molar-refractivity contribution in [2.24, 2.45) is 7.05 Å². The summed E-state index contributed by atoms with van der Waals surface area (Å²) in [5.74, 6) is 2.02. The van der Waals surface area contributed by atoms with Crippen molar-refractivity contribution < 1.29 is 9.47 Å². The summed E-state index contributed by atoms with van der Waals surface area (Å²) in [6, 6.07) is 6.35. The zero-order valence-electron chi connectivity index (χ0n) is 12.5. The van der Waals surface area contributed by atoms with Crippen LogP contribution < -0.4 is 10.5 Å². The second-order valence-corrected chi connectivity index (χ2v) is 5.41. The van der Waals surface area contributed by atoms with Crippen LogP contribution in [0, 0.1) is 0 Å². The third-order valence-electron chi connectivity index (χ3n) is 4.19. The van der Waals surface area contributed by atoms with E-state index in [1.807, 2.05) is 13.1 Å². The Balaban J connectivity index is 2.03. The van der Waals surface area contributed by atoms with Gasteiger partial charge in [0.05, 0.1) is 13.3 Å². The maximum absolute atomic E-state index is 6.11. The van der Waals surface area contributed by atoms with Gasteiger partial charge in [0.2, 0.25) is 0 Å². The summed E-state index contributed by atoms with van der Waals surface area (Å²) in [4.78, 5) is 0. The van der Waals surface area contributed by atoms with Crippen molar-refractivity contribution >= 4 is 5.82 Å². The number of nitrogens with two attached hydrogens (primary N) is 1. The molecule has 0 radical (unpaired) electrons. The summed E-state index contributed by atoms with van der Waals surface area (Å²) in [5.41, 5.74) is 9.35. The second-order valence-electron chi connectivity index (χ2n) is 5.41. The molecule has 1 fully saturated rings. The van der Waals surface area contributed by atoms with Crippen LogP contribution in [0.15, 0.2) is 24.4 Å². The number of nitrogen functional groups attached to an aromatic ring is 1. The van der Waals surface area contributed by atoms with Crippen molar-refractivity contribution in [2.45, 2.75) is 18.8 Å². The SMILES string of the molecule is COc1ccc(C2CCOCC2)cc1-c1cnn(C)c1N. The van der Waals surface area contributed by atoms with Crippen LogP contribution in [-0.2, 0) is 11.8 Å². The summed E-state index contributed by atoms with van der Waals surface area (Å²) >= 11 is 0. The van der Waals surface area contributed by atoms with E-state index in [1.165, 1.54) is 5.56 Å². The summed E-state index contributed by atoms with van der Waals surface area (Å²) in [5, 5.41) is 4.23. The zero-order chi connectivity index (χ0) is 14.8. The van der Waals surface area contributed by atoms with Crippen molar-refractivity contribution in [1.29, 1.82) is 0 Å². The number of aromatic nitrogens is 2. The highest BCUT2D eigenvalue weighted by molar-refractivity contribution is 5.78. The zero-order valence-corrected chi connectivity index (χ0v) is 12.5. The molecule has 0 unspecified atom stereocenters. The standard InChI is InChI=1S/C16H21N3O2/c1-19-16(17)14(10-18-19)13-9-12(3-4-15(13)20-2)11-5-7-21-8-6-11/h3-4,9-11H,5-8,17H2,1-2H3. The first-order valence-electron chi connectivity index (χ1n) is 7.24. The molecule has 1 aliphatic rings. The molecule has 2 N–H and O–H groups in total. The molecule has 0 atom stereocenters. The van der Waals surface area contributed by atoms with Crippen molar-refractivity contribution in [1.82, 2.24) is 9.78 Å². The fourth-order valence-corrected chi connectivity index (χ4v) is 2.88. The molecule has 0 amide bonds. The van der Waals surface area contributed by atoms with Crippen LogP contribution in [0.5, 0.6) is 5.75 Å². The average Bonchev–Trinajstić information content (AvgIpc) is 2.87. The predicted molar refractivity (Wildman–Crippen MR) is 82.4 cm³/mol. The number of hydrogen-bond donors (Lipinski definition) is 1. The van der Waals surface area contributed by atoms with Gasteiger partial charge in [0.25, 0.3) is 0 Å². The van der Waals surface area contributed by atoms with Gasteiger partial charge in [0, 0.05) is 31.4 Å². The molecule has 21 heavy (non-hydrogen) atoms. The van der Waals surface area contributed by atoms with E-state index in [4.69, 9.17) is 15.2 Å². The highest BCUT2D eigenvalue weighted by Gasteiger charge is 2.19. The second kappa shape index (κ2) is 5.77. The fourth-order valence-electron chi connectivity index (χ4n) is 2.88. The molecule has 1 aromatic carbocycles. The number of rotatable bonds is 3. The van der Waals surface area contributed by atoms with E-state index >= 15 is 0 Å². The van der Waals surface area contributed by atoms with Gasteiger partial charge < -0.3 is 15.2 Å². The molecule has 3 rings (SSSR count). The molecule has 1 saturated heterocycles. The summed E-state index contributed by atoms with van der Waals surface area (Å²) in [6.07, 6.45) is 3.92. The Bertz CT molecular complexity index is 630. The van der Waals surface area contributed by atoms with Crippen molar-refractivity contribution in [2.75, 3.05) is 26.1 Å². The smallest absolute Gasteiger partial charge is 0.129 e. The maximum Gasteiger partial charge on any atom is 0.129 e. The number of nitrogens with zero attached hydrogens (tertiary/aromatic N) is 2. The molecule has 2 aromatic rings. The largest absolute Gasteiger partial charge is 0.496 e. The molecule has 1 aromatic heterocycles. The lowest BCUT2D eigenvalue weighted by atomic mass is 9.89. The molecule has 0 aliphatic carbocycles. The Morgan fingerprint density at radius 1 is 1.29 bits per heavy atom. The van der Waals surface area contributed by atoms with E-state index in [2.05, 4.69) is 17.2 Å². The lowest BCUT2D eigenvalue weighted by Gasteiger charge is -2.23. The molecule has 5 nitrogen and oxygen atoms in total. The Morgan fingerprint density at radius 2 is 2.05 bits per heavy atom. The van der Waals surface area contributed by atoms with E-state index in [9.17, 15) is 0 Å². The van der Waals surface area contributed by atoms with Gasteiger partial charge in [0.1, 0.15) is 11.6 Å². The first kappa shape index (κ1) is 13.9. The molecule has 5 heteroatoms.